The van der Waals surface area contributed by atoms with E-state index >= 15 is 0 Å². The molecule has 1 heterocycles. The Balaban J connectivity index is 1.97. The summed E-state index contributed by atoms with van der Waals surface area (Å²) in [6.07, 6.45) is -3.24. The van der Waals surface area contributed by atoms with E-state index in [0.29, 0.717) is 31.7 Å². The molecule has 0 atom stereocenters. The molecule has 0 aromatic heterocycles. The van der Waals surface area contributed by atoms with Gasteiger partial charge >= 0.3 is 6.18 Å². The SMILES string of the molecule is Fc1ccc(SCC2(OCC(F)(F)F)CCNCC2)cc1. The zero-order valence-electron chi connectivity index (χ0n) is 11.4. The van der Waals surface area contributed by atoms with Crippen LogP contribution in [0.4, 0.5) is 17.6 Å². The average molecular weight is 323 g/mol. The highest BCUT2D eigenvalue weighted by molar-refractivity contribution is 7.99. The molecule has 1 fully saturated rings. The van der Waals surface area contributed by atoms with Crippen molar-refractivity contribution in [2.24, 2.45) is 0 Å². The lowest BCUT2D eigenvalue weighted by Crippen LogP contribution is -2.47. The van der Waals surface area contributed by atoms with Gasteiger partial charge in [0.25, 0.3) is 0 Å². The summed E-state index contributed by atoms with van der Waals surface area (Å²) in [6, 6.07) is 5.93. The fraction of sp³-hybridized carbons (Fsp3) is 0.571. The van der Waals surface area contributed by atoms with E-state index in [1.54, 1.807) is 12.1 Å². The first kappa shape index (κ1) is 16.6. The molecule has 0 bridgehead atoms. The molecular weight excluding hydrogens is 306 g/mol. The Hall–Kier alpha value is -0.790. The molecule has 1 N–H and O–H groups in total. The fourth-order valence-electron chi connectivity index (χ4n) is 2.19. The molecule has 0 spiro atoms. The van der Waals surface area contributed by atoms with E-state index in [9.17, 15) is 17.6 Å². The number of nitrogens with one attached hydrogen (secondary N) is 1. The third-order valence-corrected chi connectivity index (χ3v) is 4.65. The molecule has 118 valence electrons. The summed E-state index contributed by atoms with van der Waals surface area (Å²) >= 11 is 1.40. The van der Waals surface area contributed by atoms with Gasteiger partial charge < -0.3 is 10.1 Å². The second kappa shape index (κ2) is 6.98. The van der Waals surface area contributed by atoms with E-state index in [0.717, 1.165) is 4.90 Å². The predicted molar refractivity (Wildman–Crippen MR) is 74.0 cm³/mol. The minimum Gasteiger partial charge on any atom is -0.365 e. The molecule has 1 aromatic carbocycles. The molecule has 1 aliphatic heterocycles. The van der Waals surface area contributed by atoms with Crippen molar-refractivity contribution in [1.29, 1.82) is 0 Å². The minimum absolute atomic E-state index is 0.329. The van der Waals surface area contributed by atoms with Crippen LogP contribution in [0.1, 0.15) is 12.8 Å². The summed E-state index contributed by atoms with van der Waals surface area (Å²) < 4.78 is 55.3. The van der Waals surface area contributed by atoms with E-state index in [4.69, 9.17) is 4.74 Å². The number of ether oxygens (including phenoxy) is 1. The van der Waals surface area contributed by atoms with Gasteiger partial charge in [0.2, 0.25) is 0 Å². The van der Waals surface area contributed by atoms with E-state index in [1.165, 1.54) is 23.9 Å². The molecule has 0 aliphatic carbocycles. The number of alkyl halides is 3. The van der Waals surface area contributed by atoms with Crippen LogP contribution in [-0.4, -0.2) is 37.2 Å². The van der Waals surface area contributed by atoms with Gasteiger partial charge in [0, 0.05) is 10.6 Å². The van der Waals surface area contributed by atoms with Gasteiger partial charge in [0.15, 0.2) is 0 Å². The molecule has 0 unspecified atom stereocenters. The van der Waals surface area contributed by atoms with Crippen molar-refractivity contribution < 1.29 is 22.3 Å². The molecule has 0 saturated carbocycles. The highest BCUT2D eigenvalue weighted by atomic mass is 32.2. The summed E-state index contributed by atoms with van der Waals surface area (Å²) in [6.45, 7) is 0.0562. The Morgan fingerprint density at radius 3 is 2.33 bits per heavy atom. The largest absolute Gasteiger partial charge is 0.411 e. The Bertz CT molecular complexity index is 443. The van der Waals surface area contributed by atoms with Crippen molar-refractivity contribution in [2.75, 3.05) is 25.4 Å². The maximum atomic E-state index is 12.8. The maximum absolute atomic E-state index is 12.8. The summed E-state index contributed by atoms with van der Waals surface area (Å²) in [7, 11) is 0. The van der Waals surface area contributed by atoms with Gasteiger partial charge in [-0.25, -0.2) is 4.39 Å². The van der Waals surface area contributed by atoms with Crippen LogP contribution in [0.15, 0.2) is 29.2 Å². The van der Waals surface area contributed by atoms with E-state index in [2.05, 4.69) is 5.32 Å². The van der Waals surface area contributed by atoms with E-state index < -0.39 is 18.4 Å². The average Bonchev–Trinajstić information content (AvgIpc) is 2.45. The number of thioether (sulfide) groups is 1. The summed E-state index contributed by atoms with van der Waals surface area (Å²) in [5.74, 6) is 0.0976. The Morgan fingerprint density at radius 2 is 1.76 bits per heavy atom. The molecule has 1 aliphatic rings. The molecule has 2 nitrogen and oxygen atoms in total. The summed E-state index contributed by atoms with van der Waals surface area (Å²) in [5, 5.41) is 3.12. The monoisotopic (exact) mass is 323 g/mol. The lowest BCUT2D eigenvalue weighted by atomic mass is 9.94. The quantitative estimate of drug-likeness (QED) is 0.660. The minimum atomic E-state index is -4.32. The van der Waals surface area contributed by atoms with E-state index in [1.807, 2.05) is 0 Å². The van der Waals surface area contributed by atoms with Crippen LogP contribution in [0.2, 0.25) is 0 Å². The molecular formula is C14H17F4NOS. The lowest BCUT2D eigenvalue weighted by Gasteiger charge is -2.37. The third kappa shape index (κ3) is 5.48. The molecule has 7 heteroatoms. The van der Waals surface area contributed by atoms with Gasteiger partial charge in [-0.05, 0) is 50.2 Å². The van der Waals surface area contributed by atoms with Gasteiger partial charge in [-0.15, -0.1) is 11.8 Å². The Morgan fingerprint density at radius 1 is 1.14 bits per heavy atom. The summed E-state index contributed by atoms with van der Waals surface area (Å²) in [5.41, 5.74) is -0.778. The van der Waals surface area contributed by atoms with Crippen molar-refractivity contribution in [2.45, 2.75) is 29.5 Å². The van der Waals surface area contributed by atoms with Crippen LogP contribution < -0.4 is 5.32 Å². The van der Waals surface area contributed by atoms with Crippen molar-refractivity contribution in [3.05, 3.63) is 30.1 Å². The number of rotatable bonds is 5. The third-order valence-electron chi connectivity index (χ3n) is 3.37. The van der Waals surface area contributed by atoms with Crippen molar-refractivity contribution in [1.82, 2.24) is 5.32 Å². The first-order chi connectivity index (χ1) is 9.89. The Labute approximate surface area is 125 Å². The van der Waals surface area contributed by atoms with Gasteiger partial charge in [0.05, 0.1) is 5.60 Å². The van der Waals surface area contributed by atoms with Crippen LogP contribution in [0.25, 0.3) is 0 Å². The van der Waals surface area contributed by atoms with Crippen molar-refractivity contribution in [3.63, 3.8) is 0 Å². The van der Waals surface area contributed by atoms with Crippen LogP contribution in [0.5, 0.6) is 0 Å². The number of halogens is 4. The number of piperidine rings is 1. The van der Waals surface area contributed by atoms with Crippen LogP contribution in [-0.2, 0) is 4.74 Å². The van der Waals surface area contributed by atoms with Crippen LogP contribution in [0.3, 0.4) is 0 Å². The first-order valence-electron chi connectivity index (χ1n) is 6.68. The van der Waals surface area contributed by atoms with Crippen molar-refractivity contribution in [3.8, 4) is 0 Å². The highest BCUT2D eigenvalue weighted by Gasteiger charge is 2.38. The molecule has 0 amide bonds. The summed E-state index contributed by atoms with van der Waals surface area (Å²) in [4.78, 5) is 0.824. The van der Waals surface area contributed by atoms with Crippen LogP contribution in [0, 0.1) is 5.82 Å². The highest BCUT2D eigenvalue weighted by Crippen LogP contribution is 2.33. The van der Waals surface area contributed by atoms with Gasteiger partial charge in [-0.3, -0.25) is 0 Å². The van der Waals surface area contributed by atoms with Crippen LogP contribution >= 0.6 is 11.8 Å². The molecule has 1 saturated heterocycles. The smallest absolute Gasteiger partial charge is 0.365 e. The first-order valence-corrected chi connectivity index (χ1v) is 7.67. The number of hydrogen-bond acceptors (Lipinski definition) is 3. The zero-order chi connectivity index (χ0) is 15.3. The second-order valence-electron chi connectivity index (χ2n) is 5.08. The second-order valence-corrected chi connectivity index (χ2v) is 6.13. The molecule has 1 aromatic rings. The predicted octanol–water partition coefficient (Wildman–Crippen LogP) is 3.62. The fourth-order valence-corrected chi connectivity index (χ4v) is 3.32. The number of hydrogen-bond donors (Lipinski definition) is 1. The Kier molecular flexibility index (Phi) is 5.51. The van der Waals surface area contributed by atoms with E-state index in [-0.39, 0.29) is 5.82 Å². The topological polar surface area (TPSA) is 21.3 Å². The number of benzene rings is 1. The van der Waals surface area contributed by atoms with Crippen molar-refractivity contribution >= 4 is 11.8 Å². The molecule has 0 radical (unpaired) electrons. The molecule has 21 heavy (non-hydrogen) atoms. The maximum Gasteiger partial charge on any atom is 0.411 e. The standard InChI is InChI=1S/C14H17F4NOS/c15-11-1-3-12(4-2-11)21-10-13(5-7-19-8-6-13)20-9-14(16,17)18/h1-4,19H,5-10H2. The van der Waals surface area contributed by atoms with Gasteiger partial charge in [-0.2, -0.15) is 13.2 Å². The lowest BCUT2D eigenvalue weighted by molar-refractivity contribution is -0.205. The zero-order valence-corrected chi connectivity index (χ0v) is 12.2. The molecule has 2 rings (SSSR count). The van der Waals surface area contributed by atoms with Gasteiger partial charge in [-0.1, -0.05) is 0 Å². The normalized spacial score (nSPS) is 18.7. The van der Waals surface area contributed by atoms with Gasteiger partial charge in [0.1, 0.15) is 12.4 Å².